The fraction of sp³-hybridized carbons (Fsp3) is 0.412. The number of carbonyl (C=O) groups excluding carboxylic acids is 1. The molecule has 1 atom stereocenters. The highest BCUT2D eigenvalue weighted by Gasteiger charge is 2.17. The molecular weight excluding hydrogens is 392 g/mol. The largest absolute Gasteiger partial charge is 0.348 e. The summed E-state index contributed by atoms with van der Waals surface area (Å²) in [5.41, 5.74) is 8.07. The van der Waals surface area contributed by atoms with Crippen LogP contribution in [0.1, 0.15) is 42.2 Å². The number of unbranched alkanes of at least 4 members (excludes halogenated alkanes) is 1. The number of hydrogen-bond acceptors (Lipinski definition) is 3. The molecule has 0 saturated heterocycles. The molecule has 5 nitrogen and oxygen atoms in total. The molecule has 1 unspecified atom stereocenters. The number of carbonyl (C=O) groups is 1. The molecule has 0 aliphatic heterocycles. The van der Waals surface area contributed by atoms with Crippen LogP contribution in [0.4, 0.5) is 0 Å². The zero-order valence-corrected chi connectivity index (χ0v) is 16.4. The lowest BCUT2D eigenvalue weighted by Crippen LogP contribution is -2.40. The summed E-state index contributed by atoms with van der Waals surface area (Å²) in [6.07, 6.45) is 4.66. The predicted octanol–water partition coefficient (Wildman–Crippen LogP) is 3.61. The molecule has 0 radical (unpaired) electrons. The third kappa shape index (κ3) is 5.06. The number of nitrogens with one attached hydrogen (secondary N) is 1. The first kappa shape index (κ1) is 20.7. The quantitative estimate of drug-likeness (QED) is 0.725. The summed E-state index contributed by atoms with van der Waals surface area (Å²) in [4.78, 5) is 12.5. The molecule has 2 aromatic rings. The molecule has 0 aliphatic carbocycles. The summed E-state index contributed by atoms with van der Waals surface area (Å²) in [6, 6.07) is 7.82. The predicted molar refractivity (Wildman–Crippen MR) is 103 cm³/mol. The Balaban J connectivity index is 0.00000288. The Labute approximate surface area is 157 Å². The molecule has 2 rings (SSSR count). The van der Waals surface area contributed by atoms with Crippen LogP contribution in [-0.4, -0.2) is 28.3 Å². The Morgan fingerprint density at radius 2 is 2.04 bits per heavy atom. The van der Waals surface area contributed by atoms with E-state index in [4.69, 9.17) is 5.73 Å². The van der Waals surface area contributed by atoms with E-state index >= 15 is 0 Å². The third-order valence-electron chi connectivity index (χ3n) is 3.85. The number of hydrogen-bond donors (Lipinski definition) is 2. The molecule has 7 heteroatoms. The molecule has 0 bridgehead atoms. The van der Waals surface area contributed by atoms with E-state index in [2.05, 4.69) is 33.3 Å². The second kappa shape index (κ2) is 9.81. The van der Waals surface area contributed by atoms with Gasteiger partial charge in [-0.05, 0) is 37.6 Å². The van der Waals surface area contributed by atoms with Gasteiger partial charge >= 0.3 is 0 Å². The molecule has 1 amide bonds. The fourth-order valence-electron chi connectivity index (χ4n) is 2.44. The van der Waals surface area contributed by atoms with Gasteiger partial charge in [0.2, 0.25) is 0 Å². The molecule has 1 aromatic heterocycles. The standard InChI is InChI=1S/C17H23BrN4O.ClH/c1-3-4-5-14(10-19)21-17(23)16-11-20-22(12(16)2)15-8-6-13(18)7-9-15;/h6-9,11,14H,3-5,10,19H2,1-2H3,(H,21,23);1H. The maximum Gasteiger partial charge on any atom is 0.255 e. The van der Waals surface area contributed by atoms with Crippen molar-refractivity contribution in [3.8, 4) is 5.69 Å². The lowest BCUT2D eigenvalue weighted by Gasteiger charge is -2.16. The van der Waals surface area contributed by atoms with Crippen molar-refractivity contribution in [3.63, 3.8) is 0 Å². The van der Waals surface area contributed by atoms with Crippen LogP contribution >= 0.6 is 28.3 Å². The first-order valence-corrected chi connectivity index (χ1v) is 8.67. The second-order valence-corrected chi connectivity index (χ2v) is 6.50. The first-order chi connectivity index (χ1) is 11.1. The number of halogens is 2. The minimum atomic E-state index is -0.114. The number of rotatable bonds is 7. The van der Waals surface area contributed by atoms with Crippen LogP contribution in [0.2, 0.25) is 0 Å². The molecule has 0 saturated carbocycles. The normalized spacial score (nSPS) is 11.7. The van der Waals surface area contributed by atoms with E-state index in [1.54, 1.807) is 10.9 Å². The molecule has 0 aliphatic rings. The average Bonchev–Trinajstić information content (AvgIpc) is 2.93. The second-order valence-electron chi connectivity index (χ2n) is 5.58. The maximum absolute atomic E-state index is 12.5. The van der Waals surface area contributed by atoms with Gasteiger partial charge in [0.1, 0.15) is 0 Å². The van der Waals surface area contributed by atoms with E-state index in [0.29, 0.717) is 12.1 Å². The summed E-state index contributed by atoms with van der Waals surface area (Å²) in [5.74, 6) is -0.114. The average molecular weight is 416 g/mol. The van der Waals surface area contributed by atoms with Crippen LogP contribution in [0.5, 0.6) is 0 Å². The van der Waals surface area contributed by atoms with Crippen molar-refractivity contribution >= 4 is 34.2 Å². The zero-order chi connectivity index (χ0) is 16.8. The highest BCUT2D eigenvalue weighted by atomic mass is 79.9. The van der Waals surface area contributed by atoms with Gasteiger partial charge in [-0.3, -0.25) is 4.79 Å². The third-order valence-corrected chi connectivity index (χ3v) is 4.38. The van der Waals surface area contributed by atoms with Crippen molar-refractivity contribution < 1.29 is 4.79 Å². The van der Waals surface area contributed by atoms with Crippen molar-refractivity contribution in [1.82, 2.24) is 15.1 Å². The Morgan fingerprint density at radius 3 is 2.62 bits per heavy atom. The molecule has 1 aromatic carbocycles. The molecule has 24 heavy (non-hydrogen) atoms. The summed E-state index contributed by atoms with van der Waals surface area (Å²) in [6.45, 7) is 4.47. The minimum absolute atomic E-state index is 0. The molecule has 132 valence electrons. The van der Waals surface area contributed by atoms with E-state index in [1.807, 2.05) is 31.2 Å². The van der Waals surface area contributed by atoms with Crippen molar-refractivity contribution in [2.75, 3.05) is 6.54 Å². The van der Waals surface area contributed by atoms with Crippen LogP contribution in [0.25, 0.3) is 5.69 Å². The van der Waals surface area contributed by atoms with E-state index in [-0.39, 0.29) is 24.4 Å². The van der Waals surface area contributed by atoms with Crippen molar-refractivity contribution in [1.29, 1.82) is 0 Å². The lowest BCUT2D eigenvalue weighted by atomic mass is 10.1. The summed E-state index contributed by atoms with van der Waals surface area (Å²) >= 11 is 3.41. The van der Waals surface area contributed by atoms with Gasteiger partial charge in [0.05, 0.1) is 23.1 Å². The van der Waals surface area contributed by atoms with Crippen molar-refractivity contribution in [3.05, 3.63) is 46.2 Å². The van der Waals surface area contributed by atoms with Gasteiger partial charge in [-0.15, -0.1) is 12.4 Å². The summed E-state index contributed by atoms with van der Waals surface area (Å²) in [7, 11) is 0. The van der Waals surface area contributed by atoms with Crippen LogP contribution in [0.3, 0.4) is 0 Å². The van der Waals surface area contributed by atoms with Crippen LogP contribution in [0.15, 0.2) is 34.9 Å². The van der Waals surface area contributed by atoms with Crippen molar-refractivity contribution in [2.45, 2.75) is 39.2 Å². The number of amides is 1. The fourth-order valence-corrected chi connectivity index (χ4v) is 2.70. The van der Waals surface area contributed by atoms with Gasteiger partial charge in [-0.1, -0.05) is 35.7 Å². The Bertz CT molecular complexity index is 657. The molecule has 3 N–H and O–H groups in total. The number of benzene rings is 1. The molecule has 0 fully saturated rings. The minimum Gasteiger partial charge on any atom is -0.348 e. The number of nitrogens with zero attached hydrogens (tertiary/aromatic N) is 2. The Hall–Kier alpha value is -1.37. The monoisotopic (exact) mass is 414 g/mol. The van der Waals surface area contributed by atoms with E-state index in [9.17, 15) is 4.79 Å². The molecular formula is C17H24BrClN4O. The highest BCUT2D eigenvalue weighted by molar-refractivity contribution is 9.10. The van der Waals surface area contributed by atoms with Gasteiger partial charge in [-0.25, -0.2) is 4.68 Å². The SMILES string of the molecule is CCCCC(CN)NC(=O)c1cnn(-c2ccc(Br)cc2)c1C.Cl. The number of aromatic nitrogens is 2. The van der Waals surface area contributed by atoms with Gasteiger partial charge < -0.3 is 11.1 Å². The zero-order valence-electron chi connectivity index (χ0n) is 14.0. The Morgan fingerprint density at radius 1 is 1.38 bits per heavy atom. The van der Waals surface area contributed by atoms with Gasteiger partial charge in [-0.2, -0.15) is 5.10 Å². The first-order valence-electron chi connectivity index (χ1n) is 7.88. The van der Waals surface area contributed by atoms with E-state index < -0.39 is 0 Å². The Kier molecular flexibility index (Phi) is 8.45. The summed E-state index contributed by atoms with van der Waals surface area (Å²) < 4.78 is 2.77. The van der Waals surface area contributed by atoms with Crippen molar-refractivity contribution in [2.24, 2.45) is 5.73 Å². The smallest absolute Gasteiger partial charge is 0.255 e. The van der Waals surface area contributed by atoms with E-state index in [1.165, 1.54) is 0 Å². The van der Waals surface area contributed by atoms with E-state index in [0.717, 1.165) is 35.1 Å². The van der Waals surface area contributed by atoms with Crippen LogP contribution in [-0.2, 0) is 0 Å². The topological polar surface area (TPSA) is 72.9 Å². The maximum atomic E-state index is 12.5. The summed E-state index contributed by atoms with van der Waals surface area (Å²) in [5, 5.41) is 7.35. The lowest BCUT2D eigenvalue weighted by molar-refractivity contribution is 0.0935. The number of nitrogens with two attached hydrogens (primary N) is 1. The van der Waals surface area contributed by atoms with Gasteiger partial charge in [0.25, 0.3) is 5.91 Å². The molecule has 0 spiro atoms. The van der Waals surface area contributed by atoms with Crippen LogP contribution in [0, 0.1) is 6.92 Å². The highest BCUT2D eigenvalue weighted by Crippen LogP contribution is 2.17. The van der Waals surface area contributed by atoms with Gasteiger partial charge in [0, 0.05) is 17.1 Å². The molecule has 1 heterocycles. The van der Waals surface area contributed by atoms with Crippen LogP contribution < -0.4 is 11.1 Å². The van der Waals surface area contributed by atoms with Gasteiger partial charge in [0.15, 0.2) is 0 Å².